The highest BCUT2D eigenvalue weighted by Crippen LogP contribution is 2.52. The molecule has 2 bridgehead atoms. The van der Waals surface area contributed by atoms with Gasteiger partial charge < -0.3 is 4.90 Å². The summed E-state index contributed by atoms with van der Waals surface area (Å²) in [6.45, 7) is 0. The third kappa shape index (κ3) is 3.49. The Morgan fingerprint density at radius 1 is 0.906 bits per heavy atom. The molecule has 0 unspecified atom stereocenters. The summed E-state index contributed by atoms with van der Waals surface area (Å²) in [4.78, 5) is 9.55. The molecule has 1 aliphatic heterocycles. The molecule has 1 saturated heterocycles. The summed E-state index contributed by atoms with van der Waals surface area (Å²) in [5.41, 5.74) is -2.23. The van der Waals surface area contributed by atoms with E-state index in [9.17, 15) is 26.3 Å². The molecular weight excluding hydrogens is 436 g/mol. The number of hydrogen-bond acceptors (Lipinski definition) is 4. The lowest BCUT2D eigenvalue weighted by Gasteiger charge is -2.36. The lowest BCUT2D eigenvalue weighted by Crippen LogP contribution is -2.37. The SMILES string of the molecule is FC(F)(F)c1cc(N2[C@@H]3CC[C@@H](C3)[C@H]2c2ncnn2-c2ccccc2)nc(C(F)(F)F)c1. The average Bonchev–Trinajstić information content (AvgIpc) is 3.48. The predicted octanol–water partition coefficient (Wildman–Crippen LogP) is 5.43. The molecule has 2 aromatic heterocycles. The maximum absolute atomic E-state index is 13.4. The van der Waals surface area contributed by atoms with Crippen LogP contribution in [0, 0.1) is 5.92 Å². The molecule has 0 N–H and O–H groups in total. The van der Waals surface area contributed by atoms with Crippen molar-refractivity contribution in [2.24, 2.45) is 5.92 Å². The molecule has 1 aliphatic carbocycles. The lowest BCUT2D eigenvalue weighted by molar-refractivity contribution is -0.145. The minimum absolute atomic E-state index is 0.0253. The summed E-state index contributed by atoms with van der Waals surface area (Å²) < 4.78 is 82.0. The second-order valence-electron chi connectivity index (χ2n) is 8.04. The van der Waals surface area contributed by atoms with Gasteiger partial charge in [0.05, 0.1) is 17.3 Å². The van der Waals surface area contributed by atoms with Gasteiger partial charge in [0, 0.05) is 6.04 Å². The maximum atomic E-state index is 13.4. The van der Waals surface area contributed by atoms with Crippen LogP contribution in [0.15, 0.2) is 48.8 Å². The molecule has 2 aliphatic rings. The molecule has 3 aromatic rings. The first kappa shape index (κ1) is 20.8. The fourth-order valence-electron chi connectivity index (χ4n) is 4.83. The molecule has 5 nitrogen and oxygen atoms in total. The highest BCUT2D eigenvalue weighted by Gasteiger charge is 2.50. The number of hydrogen-bond donors (Lipinski definition) is 0. The van der Waals surface area contributed by atoms with E-state index in [0.717, 1.165) is 6.42 Å². The third-order valence-corrected chi connectivity index (χ3v) is 6.12. The van der Waals surface area contributed by atoms with E-state index in [1.54, 1.807) is 21.7 Å². The van der Waals surface area contributed by atoms with Gasteiger partial charge in [-0.25, -0.2) is 14.6 Å². The quantitative estimate of drug-likeness (QED) is 0.497. The molecule has 0 amide bonds. The standard InChI is InChI=1S/C21H17F6N5/c22-20(23,24)13-9-16(21(25,26)27)30-17(10-13)31-15-7-6-12(8-15)18(31)19-28-11-29-32(19)14-4-2-1-3-5-14/h1-5,9-12,15,18H,6-8H2/t12-,15+,18-/m0/s1. The first-order valence-corrected chi connectivity index (χ1v) is 10.0. The summed E-state index contributed by atoms with van der Waals surface area (Å²) in [5, 5.41) is 4.25. The van der Waals surface area contributed by atoms with Gasteiger partial charge in [0.25, 0.3) is 0 Å². The van der Waals surface area contributed by atoms with Crippen molar-refractivity contribution in [2.45, 2.75) is 43.7 Å². The third-order valence-electron chi connectivity index (χ3n) is 6.12. The van der Waals surface area contributed by atoms with E-state index in [2.05, 4.69) is 15.1 Å². The summed E-state index contributed by atoms with van der Waals surface area (Å²) in [5.74, 6) is 0.153. The summed E-state index contributed by atoms with van der Waals surface area (Å²) >= 11 is 0. The number of para-hydroxylation sites is 1. The van der Waals surface area contributed by atoms with Crippen molar-refractivity contribution in [2.75, 3.05) is 4.90 Å². The van der Waals surface area contributed by atoms with Gasteiger partial charge in [-0.15, -0.1) is 0 Å². The van der Waals surface area contributed by atoms with Crippen molar-refractivity contribution < 1.29 is 26.3 Å². The van der Waals surface area contributed by atoms with Crippen LogP contribution in [-0.4, -0.2) is 25.8 Å². The van der Waals surface area contributed by atoms with Crippen molar-refractivity contribution in [3.8, 4) is 5.69 Å². The van der Waals surface area contributed by atoms with Gasteiger partial charge >= 0.3 is 12.4 Å². The molecule has 168 valence electrons. The molecule has 2 fully saturated rings. The van der Waals surface area contributed by atoms with Crippen molar-refractivity contribution >= 4 is 5.82 Å². The zero-order valence-corrected chi connectivity index (χ0v) is 16.5. The Balaban J connectivity index is 1.64. The van der Waals surface area contributed by atoms with Crippen molar-refractivity contribution in [1.29, 1.82) is 0 Å². The van der Waals surface area contributed by atoms with E-state index in [1.807, 2.05) is 18.2 Å². The highest BCUT2D eigenvalue weighted by molar-refractivity contribution is 5.50. The van der Waals surface area contributed by atoms with E-state index in [-0.39, 0.29) is 23.8 Å². The van der Waals surface area contributed by atoms with Gasteiger partial charge in [-0.2, -0.15) is 31.4 Å². The van der Waals surface area contributed by atoms with Gasteiger partial charge in [0.15, 0.2) is 5.82 Å². The Bertz CT molecular complexity index is 1090. The highest BCUT2D eigenvalue weighted by atomic mass is 19.4. The van der Waals surface area contributed by atoms with Crippen molar-refractivity contribution in [3.05, 3.63) is 65.9 Å². The molecule has 1 saturated carbocycles. The maximum Gasteiger partial charge on any atom is 0.433 e. The number of alkyl halides is 6. The van der Waals surface area contributed by atoms with Crippen LogP contribution in [0.5, 0.6) is 0 Å². The predicted molar refractivity (Wildman–Crippen MR) is 102 cm³/mol. The molecule has 11 heteroatoms. The molecule has 0 spiro atoms. The molecule has 1 aromatic carbocycles. The zero-order valence-electron chi connectivity index (χ0n) is 16.5. The van der Waals surface area contributed by atoms with Crippen LogP contribution in [-0.2, 0) is 12.4 Å². The number of fused-ring (bicyclic) bond motifs is 2. The Morgan fingerprint density at radius 3 is 2.34 bits per heavy atom. The number of piperidine rings is 1. The molecule has 0 radical (unpaired) electrons. The molecule has 32 heavy (non-hydrogen) atoms. The van der Waals surface area contributed by atoms with E-state index < -0.39 is 29.7 Å². The minimum atomic E-state index is -5.01. The largest absolute Gasteiger partial charge is 0.433 e. The normalized spacial score (nSPS) is 23.2. The zero-order chi connectivity index (χ0) is 22.7. The molecule has 5 rings (SSSR count). The van der Waals surface area contributed by atoms with Gasteiger partial charge in [-0.05, 0) is 49.4 Å². The van der Waals surface area contributed by atoms with Crippen LogP contribution in [0.1, 0.15) is 42.4 Å². The number of benzene rings is 1. The Morgan fingerprint density at radius 2 is 1.66 bits per heavy atom. The number of aromatic nitrogens is 4. The topological polar surface area (TPSA) is 46.8 Å². The molecule has 3 atom stereocenters. The van der Waals surface area contributed by atoms with Gasteiger partial charge in [0.1, 0.15) is 17.8 Å². The van der Waals surface area contributed by atoms with Gasteiger partial charge in [-0.1, -0.05) is 18.2 Å². The van der Waals surface area contributed by atoms with E-state index >= 15 is 0 Å². The van der Waals surface area contributed by atoms with Crippen LogP contribution in [0.2, 0.25) is 0 Å². The fraction of sp³-hybridized carbons (Fsp3) is 0.381. The first-order valence-electron chi connectivity index (χ1n) is 10.0. The van der Waals surface area contributed by atoms with E-state index in [0.29, 0.717) is 30.4 Å². The Labute approximate surface area is 178 Å². The number of rotatable bonds is 3. The van der Waals surface area contributed by atoms with Crippen LogP contribution in [0.25, 0.3) is 5.69 Å². The van der Waals surface area contributed by atoms with Crippen LogP contribution < -0.4 is 4.90 Å². The second-order valence-corrected chi connectivity index (χ2v) is 8.04. The summed E-state index contributed by atoms with van der Waals surface area (Å²) in [7, 11) is 0. The summed E-state index contributed by atoms with van der Waals surface area (Å²) in [6, 6.07) is 9.06. The number of anilines is 1. The number of halogens is 6. The molecule has 3 heterocycles. The monoisotopic (exact) mass is 453 g/mol. The van der Waals surface area contributed by atoms with Gasteiger partial charge in [0.2, 0.25) is 0 Å². The summed E-state index contributed by atoms with van der Waals surface area (Å²) in [6.07, 6.45) is -6.48. The number of nitrogens with zero attached hydrogens (tertiary/aromatic N) is 5. The van der Waals surface area contributed by atoms with Crippen molar-refractivity contribution in [1.82, 2.24) is 19.7 Å². The van der Waals surface area contributed by atoms with Gasteiger partial charge in [-0.3, -0.25) is 0 Å². The Hall–Kier alpha value is -3.11. The first-order chi connectivity index (χ1) is 15.1. The Kier molecular flexibility index (Phi) is 4.68. The van der Waals surface area contributed by atoms with Crippen molar-refractivity contribution in [3.63, 3.8) is 0 Å². The average molecular weight is 453 g/mol. The minimum Gasteiger partial charge on any atom is -0.343 e. The lowest BCUT2D eigenvalue weighted by atomic mass is 9.97. The van der Waals surface area contributed by atoms with Crippen LogP contribution in [0.4, 0.5) is 32.2 Å². The van der Waals surface area contributed by atoms with Crippen LogP contribution in [0.3, 0.4) is 0 Å². The van der Waals surface area contributed by atoms with E-state index in [1.165, 1.54) is 6.33 Å². The second kappa shape index (κ2) is 7.21. The van der Waals surface area contributed by atoms with E-state index in [4.69, 9.17) is 0 Å². The number of pyridine rings is 1. The smallest absolute Gasteiger partial charge is 0.343 e. The van der Waals surface area contributed by atoms with Crippen LogP contribution >= 0.6 is 0 Å². The fourth-order valence-corrected chi connectivity index (χ4v) is 4.83. The molecular formula is C21H17F6N5.